The molecule has 0 radical (unpaired) electrons. The Labute approximate surface area is 101 Å². The van der Waals surface area contributed by atoms with Crippen molar-refractivity contribution in [2.45, 2.75) is 20.3 Å². The highest BCUT2D eigenvalue weighted by molar-refractivity contribution is 5.80. The van der Waals surface area contributed by atoms with Gasteiger partial charge in [0.25, 0.3) is 0 Å². The van der Waals surface area contributed by atoms with Gasteiger partial charge in [-0.15, -0.1) is 0 Å². The average Bonchev–Trinajstić information content (AvgIpc) is 2.22. The fraction of sp³-hybridized carbons (Fsp3) is 0.727. The predicted molar refractivity (Wildman–Crippen MR) is 62.3 cm³/mol. The SMILES string of the molecule is CC(C)CN(CC(=O)O)C(=O)N(C)CCC#N. The van der Waals surface area contributed by atoms with Crippen molar-refractivity contribution in [3.05, 3.63) is 0 Å². The van der Waals surface area contributed by atoms with Crippen LogP contribution in [0, 0.1) is 17.2 Å². The van der Waals surface area contributed by atoms with Crippen molar-refractivity contribution >= 4 is 12.0 Å². The van der Waals surface area contributed by atoms with E-state index < -0.39 is 5.97 Å². The largest absolute Gasteiger partial charge is 0.480 e. The van der Waals surface area contributed by atoms with Crippen molar-refractivity contribution in [1.29, 1.82) is 5.26 Å². The normalized spacial score (nSPS) is 9.82. The van der Waals surface area contributed by atoms with Crippen LogP contribution in [0.4, 0.5) is 4.79 Å². The van der Waals surface area contributed by atoms with Crippen LogP contribution in [0.3, 0.4) is 0 Å². The van der Waals surface area contributed by atoms with E-state index >= 15 is 0 Å². The Balaban J connectivity index is 4.50. The first-order valence-corrected chi connectivity index (χ1v) is 5.47. The number of carbonyl (C=O) groups excluding carboxylic acids is 1. The number of hydrogen-bond donors (Lipinski definition) is 1. The number of nitrogens with zero attached hydrogens (tertiary/aromatic N) is 3. The smallest absolute Gasteiger partial charge is 0.323 e. The molecule has 2 amide bonds. The molecule has 17 heavy (non-hydrogen) atoms. The van der Waals surface area contributed by atoms with Crippen LogP contribution in [0.5, 0.6) is 0 Å². The molecule has 0 unspecified atom stereocenters. The second-order valence-electron chi connectivity index (χ2n) is 4.28. The van der Waals surface area contributed by atoms with Crippen molar-refractivity contribution in [3.8, 4) is 6.07 Å². The van der Waals surface area contributed by atoms with Crippen LogP contribution in [0.2, 0.25) is 0 Å². The average molecular weight is 241 g/mol. The highest BCUT2D eigenvalue weighted by Crippen LogP contribution is 2.03. The molecular weight excluding hydrogens is 222 g/mol. The number of rotatable bonds is 6. The van der Waals surface area contributed by atoms with Crippen LogP contribution in [-0.2, 0) is 4.79 Å². The van der Waals surface area contributed by atoms with Crippen molar-refractivity contribution in [2.75, 3.05) is 26.7 Å². The summed E-state index contributed by atoms with van der Waals surface area (Å²) in [6, 6.07) is 1.59. The van der Waals surface area contributed by atoms with Gasteiger partial charge in [0.15, 0.2) is 0 Å². The van der Waals surface area contributed by atoms with E-state index in [4.69, 9.17) is 10.4 Å². The minimum atomic E-state index is -1.03. The number of aliphatic carboxylic acids is 1. The van der Waals surface area contributed by atoms with Gasteiger partial charge in [-0.05, 0) is 5.92 Å². The first-order valence-electron chi connectivity index (χ1n) is 5.47. The lowest BCUT2D eigenvalue weighted by Gasteiger charge is -2.27. The molecule has 0 aliphatic carbocycles. The molecule has 0 aliphatic heterocycles. The van der Waals surface area contributed by atoms with Gasteiger partial charge in [0.2, 0.25) is 0 Å². The van der Waals surface area contributed by atoms with Crippen molar-refractivity contribution in [2.24, 2.45) is 5.92 Å². The summed E-state index contributed by atoms with van der Waals surface area (Å²) in [4.78, 5) is 25.2. The Bertz CT molecular complexity index is 310. The van der Waals surface area contributed by atoms with Gasteiger partial charge in [-0.25, -0.2) is 4.79 Å². The molecule has 0 fully saturated rings. The summed E-state index contributed by atoms with van der Waals surface area (Å²) in [6.45, 7) is 4.22. The molecule has 0 aromatic heterocycles. The van der Waals surface area contributed by atoms with Crippen LogP contribution in [-0.4, -0.2) is 53.6 Å². The molecule has 0 spiro atoms. The number of carboxylic acids is 1. The third kappa shape index (κ3) is 6.40. The van der Waals surface area contributed by atoms with Crippen LogP contribution < -0.4 is 0 Å². The third-order valence-electron chi connectivity index (χ3n) is 2.07. The second kappa shape index (κ2) is 7.49. The number of carboxylic acid groups (broad SMARTS) is 1. The summed E-state index contributed by atoms with van der Waals surface area (Å²) < 4.78 is 0. The topological polar surface area (TPSA) is 84.6 Å². The maximum Gasteiger partial charge on any atom is 0.323 e. The van der Waals surface area contributed by atoms with Gasteiger partial charge in [0.05, 0.1) is 12.5 Å². The highest BCUT2D eigenvalue weighted by Gasteiger charge is 2.20. The second-order valence-corrected chi connectivity index (χ2v) is 4.28. The molecule has 0 saturated carbocycles. The minimum Gasteiger partial charge on any atom is -0.480 e. The molecule has 0 bridgehead atoms. The molecule has 0 heterocycles. The van der Waals surface area contributed by atoms with E-state index in [9.17, 15) is 9.59 Å². The summed E-state index contributed by atoms with van der Waals surface area (Å²) in [6.07, 6.45) is 0.241. The summed E-state index contributed by atoms with van der Waals surface area (Å²) in [5.41, 5.74) is 0. The molecule has 0 aromatic carbocycles. The van der Waals surface area contributed by atoms with Crippen LogP contribution in [0.25, 0.3) is 0 Å². The van der Waals surface area contributed by atoms with E-state index in [1.807, 2.05) is 19.9 Å². The van der Waals surface area contributed by atoms with Gasteiger partial charge in [-0.3, -0.25) is 4.79 Å². The molecule has 0 aromatic rings. The van der Waals surface area contributed by atoms with E-state index in [1.165, 1.54) is 9.80 Å². The summed E-state index contributed by atoms with van der Waals surface area (Å²) in [5.74, 6) is -0.838. The first-order chi connectivity index (χ1) is 7.88. The molecule has 6 nitrogen and oxygen atoms in total. The first kappa shape index (κ1) is 15.2. The molecule has 0 atom stereocenters. The molecule has 6 heteroatoms. The van der Waals surface area contributed by atoms with E-state index in [1.54, 1.807) is 7.05 Å². The Morgan fingerprint density at radius 1 is 1.41 bits per heavy atom. The number of amides is 2. The maximum absolute atomic E-state index is 11.9. The fourth-order valence-electron chi connectivity index (χ4n) is 1.37. The monoisotopic (exact) mass is 241 g/mol. The van der Waals surface area contributed by atoms with E-state index in [-0.39, 0.29) is 24.9 Å². The van der Waals surface area contributed by atoms with Crippen LogP contribution in [0.15, 0.2) is 0 Å². The Morgan fingerprint density at radius 3 is 2.41 bits per heavy atom. The lowest BCUT2D eigenvalue weighted by atomic mass is 10.2. The Hall–Kier alpha value is -1.77. The van der Waals surface area contributed by atoms with Crippen LogP contribution in [0.1, 0.15) is 20.3 Å². The highest BCUT2D eigenvalue weighted by atomic mass is 16.4. The summed E-state index contributed by atoms with van der Waals surface area (Å²) in [5, 5.41) is 17.2. The molecule has 0 saturated heterocycles. The zero-order valence-electron chi connectivity index (χ0n) is 10.5. The Morgan fingerprint density at radius 2 is 2.00 bits per heavy atom. The minimum absolute atomic E-state index is 0.197. The van der Waals surface area contributed by atoms with E-state index in [0.29, 0.717) is 13.1 Å². The molecular formula is C11H19N3O3. The molecule has 96 valence electrons. The Kier molecular flexibility index (Phi) is 6.71. The summed E-state index contributed by atoms with van der Waals surface area (Å²) >= 11 is 0. The molecule has 1 N–H and O–H groups in total. The quantitative estimate of drug-likeness (QED) is 0.751. The van der Waals surface area contributed by atoms with E-state index in [2.05, 4.69) is 0 Å². The maximum atomic E-state index is 11.9. The van der Waals surface area contributed by atoms with Crippen LogP contribution >= 0.6 is 0 Å². The number of carbonyl (C=O) groups is 2. The number of hydrogen-bond acceptors (Lipinski definition) is 3. The molecule has 0 aliphatic rings. The van der Waals surface area contributed by atoms with Gasteiger partial charge in [0, 0.05) is 20.1 Å². The van der Waals surface area contributed by atoms with Crippen molar-refractivity contribution in [1.82, 2.24) is 9.80 Å². The van der Waals surface area contributed by atoms with Gasteiger partial charge in [-0.2, -0.15) is 5.26 Å². The zero-order chi connectivity index (χ0) is 13.4. The predicted octanol–water partition coefficient (Wildman–Crippen LogP) is 0.994. The lowest BCUT2D eigenvalue weighted by molar-refractivity contribution is -0.137. The fourth-order valence-corrected chi connectivity index (χ4v) is 1.37. The van der Waals surface area contributed by atoms with Crippen molar-refractivity contribution in [3.63, 3.8) is 0 Å². The van der Waals surface area contributed by atoms with Gasteiger partial charge >= 0.3 is 12.0 Å². The molecule has 0 rings (SSSR count). The third-order valence-corrected chi connectivity index (χ3v) is 2.07. The lowest BCUT2D eigenvalue weighted by Crippen LogP contribution is -2.45. The standard InChI is InChI=1S/C11H19N3O3/c1-9(2)7-14(8-10(15)16)11(17)13(3)6-4-5-12/h9H,4,6-8H2,1-3H3,(H,15,16). The number of nitriles is 1. The van der Waals surface area contributed by atoms with Crippen molar-refractivity contribution < 1.29 is 14.7 Å². The number of urea groups is 1. The van der Waals surface area contributed by atoms with Gasteiger partial charge < -0.3 is 14.9 Å². The van der Waals surface area contributed by atoms with E-state index in [0.717, 1.165) is 0 Å². The summed E-state index contributed by atoms with van der Waals surface area (Å²) in [7, 11) is 1.56. The zero-order valence-corrected chi connectivity index (χ0v) is 10.5. The van der Waals surface area contributed by atoms with Gasteiger partial charge in [-0.1, -0.05) is 13.8 Å². The van der Waals surface area contributed by atoms with Gasteiger partial charge in [0.1, 0.15) is 6.54 Å².